The van der Waals surface area contributed by atoms with Crippen LogP contribution in [0.2, 0.25) is 0 Å². The standard InChI is InChI=1S/C22H24BrN3O4S/c23-18-7-3-8-19(15-18)24-21(27)17-6-2-9-20(14-17)31(29,30)26-12-10-25(11-13-26)22(28)16-4-1-5-16/h2-3,6-9,14-16H,1,4-5,10-13H2,(H,24,27). The van der Waals surface area contributed by atoms with E-state index in [4.69, 9.17) is 0 Å². The highest BCUT2D eigenvalue weighted by molar-refractivity contribution is 9.10. The van der Waals surface area contributed by atoms with Gasteiger partial charge in [0, 0.05) is 47.8 Å². The minimum Gasteiger partial charge on any atom is -0.340 e. The van der Waals surface area contributed by atoms with Gasteiger partial charge < -0.3 is 10.2 Å². The van der Waals surface area contributed by atoms with E-state index in [9.17, 15) is 18.0 Å². The molecule has 4 rings (SSSR count). The second-order valence-corrected chi connectivity index (χ2v) is 10.7. The van der Waals surface area contributed by atoms with Crippen LogP contribution >= 0.6 is 15.9 Å². The molecule has 7 nitrogen and oxygen atoms in total. The number of hydrogen-bond acceptors (Lipinski definition) is 4. The molecule has 0 bridgehead atoms. The lowest BCUT2D eigenvalue weighted by Gasteiger charge is -2.37. The first-order valence-corrected chi connectivity index (χ1v) is 12.5. The molecule has 9 heteroatoms. The summed E-state index contributed by atoms with van der Waals surface area (Å²) in [6.45, 7) is 1.32. The maximum absolute atomic E-state index is 13.1. The highest BCUT2D eigenvalue weighted by Gasteiger charge is 2.34. The van der Waals surface area contributed by atoms with Gasteiger partial charge >= 0.3 is 0 Å². The van der Waals surface area contributed by atoms with Gasteiger partial charge in [-0.3, -0.25) is 9.59 Å². The predicted octanol–water partition coefficient (Wildman–Crippen LogP) is 3.33. The summed E-state index contributed by atoms with van der Waals surface area (Å²) in [5, 5.41) is 2.78. The van der Waals surface area contributed by atoms with Crippen LogP contribution in [0.25, 0.3) is 0 Å². The van der Waals surface area contributed by atoms with Crippen molar-refractivity contribution in [3.8, 4) is 0 Å². The summed E-state index contributed by atoms with van der Waals surface area (Å²) in [5.74, 6) is -0.121. The summed E-state index contributed by atoms with van der Waals surface area (Å²) in [7, 11) is -3.75. The van der Waals surface area contributed by atoms with Gasteiger partial charge in [0.15, 0.2) is 0 Å². The van der Waals surface area contributed by atoms with Gasteiger partial charge in [-0.1, -0.05) is 34.5 Å². The van der Waals surface area contributed by atoms with E-state index in [1.54, 1.807) is 35.2 Å². The van der Waals surface area contributed by atoms with Crippen molar-refractivity contribution in [3.05, 3.63) is 58.6 Å². The quantitative estimate of drug-likeness (QED) is 0.674. The van der Waals surface area contributed by atoms with Crippen LogP contribution in [0.1, 0.15) is 29.6 Å². The molecule has 0 spiro atoms. The van der Waals surface area contributed by atoms with Gasteiger partial charge in [-0.05, 0) is 49.2 Å². The number of nitrogens with one attached hydrogen (secondary N) is 1. The number of amides is 2. The number of benzene rings is 2. The summed E-state index contributed by atoms with van der Waals surface area (Å²) in [6.07, 6.45) is 2.97. The van der Waals surface area contributed by atoms with Gasteiger partial charge in [0.25, 0.3) is 5.91 Å². The minimum absolute atomic E-state index is 0.0770. The first kappa shape index (κ1) is 22.0. The summed E-state index contributed by atoms with van der Waals surface area (Å²) >= 11 is 3.36. The van der Waals surface area contributed by atoms with E-state index in [0.29, 0.717) is 18.8 Å². The number of sulfonamides is 1. The molecule has 2 fully saturated rings. The van der Waals surface area contributed by atoms with Crippen molar-refractivity contribution >= 4 is 43.5 Å². The second kappa shape index (κ2) is 9.10. The lowest BCUT2D eigenvalue weighted by atomic mass is 9.84. The Hall–Kier alpha value is -2.23. The van der Waals surface area contributed by atoms with E-state index < -0.39 is 10.0 Å². The predicted molar refractivity (Wildman–Crippen MR) is 121 cm³/mol. The largest absolute Gasteiger partial charge is 0.340 e. The number of rotatable bonds is 5. The van der Waals surface area contributed by atoms with E-state index in [0.717, 1.165) is 23.7 Å². The maximum Gasteiger partial charge on any atom is 0.255 e. The van der Waals surface area contributed by atoms with Crippen LogP contribution in [-0.4, -0.2) is 55.6 Å². The number of carbonyl (C=O) groups is 2. The summed E-state index contributed by atoms with van der Waals surface area (Å²) in [6, 6.07) is 13.2. The number of nitrogens with zero attached hydrogens (tertiary/aromatic N) is 2. The van der Waals surface area contributed by atoms with Crippen LogP contribution in [0.15, 0.2) is 57.9 Å². The SMILES string of the molecule is O=C(Nc1cccc(Br)c1)c1cccc(S(=O)(=O)N2CCN(C(=O)C3CCC3)CC2)c1. The fraction of sp³-hybridized carbons (Fsp3) is 0.364. The molecule has 0 atom stereocenters. The third-order valence-corrected chi connectivity index (χ3v) is 8.21. The van der Waals surface area contributed by atoms with E-state index in [1.165, 1.54) is 16.4 Å². The third kappa shape index (κ3) is 4.83. The van der Waals surface area contributed by atoms with Crippen LogP contribution in [0, 0.1) is 5.92 Å². The third-order valence-electron chi connectivity index (χ3n) is 5.82. The molecule has 1 aliphatic carbocycles. The molecule has 1 N–H and O–H groups in total. The van der Waals surface area contributed by atoms with Gasteiger partial charge in [0.2, 0.25) is 15.9 Å². The average Bonchev–Trinajstić information content (AvgIpc) is 2.72. The lowest BCUT2D eigenvalue weighted by molar-refractivity contribution is -0.139. The van der Waals surface area contributed by atoms with Gasteiger partial charge in [0.05, 0.1) is 4.90 Å². The van der Waals surface area contributed by atoms with Gasteiger partial charge in [-0.25, -0.2) is 8.42 Å². The molecular weight excluding hydrogens is 482 g/mol. The van der Waals surface area contributed by atoms with E-state index in [1.807, 2.05) is 6.07 Å². The summed E-state index contributed by atoms with van der Waals surface area (Å²) in [4.78, 5) is 26.9. The zero-order chi connectivity index (χ0) is 22.0. The molecule has 0 radical (unpaired) electrons. The van der Waals surface area contributed by atoms with Crippen molar-refractivity contribution in [1.82, 2.24) is 9.21 Å². The van der Waals surface area contributed by atoms with Crippen LogP contribution in [0.4, 0.5) is 5.69 Å². The van der Waals surface area contributed by atoms with Crippen molar-refractivity contribution in [1.29, 1.82) is 0 Å². The zero-order valence-electron chi connectivity index (χ0n) is 17.0. The molecule has 1 aliphatic heterocycles. The number of halogens is 1. The highest BCUT2D eigenvalue weighted by atomic mass is 79.9. The number of carbonyl (C=O) groups excluding carboxylic acids is 2. The first-order chi connectivity index (χ1) is 14.8. The first-order valence-electron chi connectivity index (χ1n) is 10.3. The van der Waals surface area contributed by atoms with Crippen molar-refractivity contribution < 1.29 is 18.0 Å². The molecule has 0 unspecified atom stereocenters. The van der Waals surface area contributed by atoms with Gasteiger partial charge in [0.1, 0.15) is 0 Å². The van der Waals surface area contributed by atoms with E-state index >= 15 is 0 Å². The molecule has 1 saturated carbocycles. The maximum atomic E-state index is 13.1. The Balaban J connectivity index is 1.44. The lowest BCUT2D eigenvalue weighted by Crippen LogP contribution is -2.52. The van der Waals surface area contributed by atoms with Crippen LogP contribution in [0.3, 0.4) is 0 Å². The van der Waals surface area contributed by atoms with Crippen molar-refractivity contribution in [3.63, 3.8) is 0 Å². The molecule has 164 valence electrons. The van der Waals surface area contributed by atoms with Crippen LogP contribution < -0.4 is 5.32 Å². The van der Waals surface area contributed by atoms with Crippen LogP contribution in [0.5, 0.6) is 0 Å². The molecule has 2 aromatic rings. The molecule has 0 aromatic heterocycles. The number of anilines is 1. The molecular formula is C22H24BrN3O4S. The number of piperazine rings is 1. The smallest absolute Gasteiger partial charge is 0.255 e. The Kier molecular flexibility index (Phi) is 6.45. The van der Waals surface area contributed by atoms with Gasteiger partial charge in [-0.15, -0.1) is 0 Å². The Labute approximate surface area is 190 Å². The van der Waals surface area contributed by atoms with Crippen molar-refractivity contribution in [2.24, 2.45) is 5.92 Å². The molecule has 2 amide bonds. The molecule has 1 heterocycles. The Bertz CT molecular complexity index is 1090. The van der Waals surface area contributed by atoms with Gasteiger partial charge in [-0.2, -0.15) is 4.31 Å². The topological polar surface area (TPSA) is 86.8 Å². The Morgan fingerprint density at radius 3 is 2.32 bits per heavy atom. The van der Waals surface area contributed by atoms with Crippen molar-refractivity contribution in [2.75, 3.05) is 31.5 Å². The normalized spacial score (nSPS) is 17.8. The zero-order valence-corrected chi connectivity index (χ0v) is 19.4. The minimum atomic E-state index is -3.75. The highest BCUT2D eigenvalue weighted by Crippen LogP contribution is 2.29. The van der Waals surface area contributed by atoms with E-state index in [-0.39, 0.29) is 41.3 Å². The Morgan fingerprint density at radius 2 is 1.68 bits per heavy atom. The fourth-order valence-electron chi connectivity index (χ4n) is 3.78. The number of hydrogen-bond donors (Lipinski definition) is 1. The fourth-order valence-corrected chi connectivity index (χ4v) is 5.65. The molecule has 2 aliphatic rings. The molecule has 1 saturated heterocycles. The summed E-state index contributed by atoms with van der Waals surface area (Å²) in [5.41, 5.74) is 0.875. The summed E-state index contributed by atoms with van der Waals surface area (Å²) < 4.78 is 28.5. The Morgan fingerprint density at radius 1 is 0.968 bits per heavy atom. The molecule has 2 aromatic carbocycles. The second-order valence-electron chi connectivity index (χ2n) is 7.85. The van der Waals surface area contributed by atoms with Crippen LogP contribution in [-0.2, 0) is 14.8 Å². The molecule has 31 heavy (non-hydrogen) atoms. The average molecular weight is 506 g/mol. The van der Waals surface area contributed by atoms with Crippen molar-refractivity contribution in [2.45, 2.75) is 24.2 Å². The van der Waals surface area contributed by atoms with E-state index in [2.05, 4.69) is 21.2 Å². The monoisotopic (exact) mass is 505 g/mol.